The molecule has 0 fully saturated rings. The van der Waals surface area contributed by atoms with Crippen molar-refractivity contribution in [1.29, 1.82) is 0 Å². The van der Waals surface area contributed by atoms with Crippen LogP contribution in [0.1, 0.15) is 17.3 Å². The Morgan fingerprint density at radius 1 is 1.29 bits per heavy atom. The van der Waals surface area contributed by atoms with Gasteiger partial charge < -0.3 is 34.0 Å². The number of methoxy groups -OCH3 is 1. The summed E-state index contributed by atoms with van der Waals surface area (Å²) in [6.07, 6.45) is 3.44. The highest BCUT2D eigenvalue weighted by Crippen LogP contribution is 2.19. The molecule has 1 aromatic carbocycles. The van der Waals surface area contributed by atoms with Gasteiger partial charge in [0.2, 0.25) is 12.1 Å². The third-order valence-corrected chi connectivity index (χ3v) is 3.30. The molecular formula is C16H19IN2O2. The molecule has 0 aliphatic rings. The Morgan fingerprint density at radius 2 is 2.10 bits per heavy atom. The summed E-state index contributed by atoms with van der Waals surface area (Å²) in [4.78, 5) is 10.9. The van der Waals surface area contributed by atoms with Crippen LogP contribution in [-0.2, 0) is 18.3 Å². The van der Waals surface area contributed by atoms with Crippen molar-refractivity contribution in [1.82, 2.24) is 5.32 Å². The van der Waals surface area contributed by atoms with Crippen LogP contribution in [0.4, 0.5) is 0 Å². The van der Waals surface area contributed by atoms with E-state index < -0.39 is 0 Å². The monoisotopic (exact) mass is 398 g/mol. The van der Waals surface area contributed by atoms with Crippen molar-refractivity contribution in [3.63, 3.8) is 0 Å². The highest BCUT2D eigenvalue weighted by Gasteiger charge is 2.19. The number of benzene rings is 1. The molecule has 5 heteroatoms. The molecule has 1 heterocycles. The SMILES string of the molecule is COc1cccc(CC(NC=O)c2cccc[n+]2C)c1.[I-]. The first-order valence-corrected chi connectivity index (χ1v) is 6.51. The van der Waals surface area contributed by atoms with Crippen molar-refractivity contribution in [2.24, 2.45) is 7.05 Å². The number of carbonyl (C=O) groups excluding carboxylic acids is 1. The largest absolute Gasteiger partial charge is 1.00 e. The van der Waals surface area contributed by atoms with Gasteiger partial charge in [0, 0.05) is 18.6 Å². The molecule has 21 heavy (non-hydrogen) atoms. The van der Waals surface area contributed by atoms with Crippen molar-refractivity contribution in [2.75, 3.05) is 7.11 Å². The van der Waals surface area contributed by atoms with Gasteiger partial charge in [-0.1, -0.05) is 18.2 Å². The van der Waals surface area contributed by atoms with E-state index in [-0.39, 0.29) is 30.0 Å². The molecule has 0 bridgehead atoms. The average molecular weight is 398 g/mol. The van der Waals surface area contributed by atoms with Gasteiger partial charge in [-0.05, 0) is 17.7 Å². The predicted octanol–water partition coefficient (Wildman–Crippen LogP) is -1.45. The lowest BCUT2D eigenvalue weighted by Gasteiger charge is -2.14. The van der Waals surface area contributed by atoms with Crippen molar-refractivity contribution in [3.8, 4) is 5.75 Å². The molecule has 2 rings (SSSR count). The van der Waals surface area contributed by atoms with Crippen LogP contribution in [0.25, 0.3) is 0 Å². The van der Waals surface area contributed by atoms with Crippen LogP contribution in [0, 0.1) is 0 Å². The molecule has 2 aromatic rings. The number of aryl methyl sites for hydroxylation is 1. The lowest BCUT2D eigenvalue weighted by molar-refractivity contribution is -0.680. The van der Waals surface area contributed by atoms with Gasteiger partial charge >= 0.3 is 0 Å². The van der Waals surface area contributed by atoms with Crippen LogP contribution in [0.2, 0.25) is 0 Å². The second-order valence-electron chi connectivity index (χ2n) is 4.63. The minimum absolute atomic E-state index is 0. The minimum atomic E-state index is -0.0641. The zero-order valence-electron chi connectivity index (χ0n) is 12.1. The van der Waals surface area contributed by atoms with Gasteiger partial charge in [-0.15, -0.1) is 0 Å². The summed E-state index contributed by atoms with van der Waals surface area (Å²) in [5.74, 6) is 0.824. The fourth-order valence-electron chi connectivity index (χ4n) is 2.26. The Bertz CT molecular complexity index is 590. The van der Waals surface area contributed by atoms with Crippen LogP contribution in [0.3, 0.4) is 0 Å². The number of pyridine rings is 1. The van der Waals surface area contributed by atoms with Crippen molar-refractivity contribution in [3.05, 3.63) is 59.9 Å². The maximum atomic E-state index is 10.9. The third-order valence-electron chi connectivity index (χ3n) is 3.30. The number of halogens is 1. The highest BCUT2D eigenvalue weighted by atomic mass is 127. The lowest BCUT2D eigenvalue weighted by Crippen LogP contribution is -3.00. The van der Waals surface area contributed by atoms with E-state index in [1.54, 1.807) is 7.11 Å². The first kappa shape index (κ1) is 17.4. The van der Waals surface area contributed by atoms with Crippen LogP contribution in [0.5, 0.6) is 5.75 Å². The van der Waals surface area contributed by atoms with Crippen molar-refractivity contribution >= 4 is 6.41 Å². The Balaban J connectivity index is 0.00000220. The number of nitrogens with one attached hydrogen (secondary N) is 1. The number of nitrogens with zero attached hydrogens (tertiary/aromatic N) is 1. The Labute approximate surface area is 142 Å². The summed E-state index contributed by atoms with van der Waals surface area (Å²) in [6.45, 7) is 0. The van der Waals surface area contributed by atoms with E-state index in [4.69, 9.17) is 4.74 Å². The molecule has 112 valence electrons. The van der Waals surface area contributed by atoms with E-state index >= 15 is 0 Å². The number of hydrogen-bond donors (Lipinski definition) is 1. The summed E-state index contributed by atoms with van der Waals surface area (Å²) in [5, 5.41) is 2.88. The quantitative estimate of drug-likeness (QED) is 0.368. The number of amides is 1. The van der Waals surface area contributed by atoms with Crippen LogP contribution in [-0.4, -0.2) is 13.5 Å². The zero-order valence-corrected chi connectivity index (χ0v) is 14.3. The summed E-state index contributed by atoms with van der Waals surface area (Å²) in [7, 11) is 3.62. The van der Waals surface area contributed by atoms with Crippen LogP contribution >= 0.6 is 0 Å². The molecule has 1 N–H and O–H groups in total. The maximum Gasteiger partial charge on any atom is 0.207 e. The molecule has 1 aromatic heterocycles. The Morgan fingerprint density at radius 3 is 2.76 bits per heavy atom. The molecule has 0 aliphatic heterocycles. The molecule has 0 saturated heterocycles. The maximum absolute atomic E-state index is 10.9. The van der Waals surface area contributed by atoms with Gasteiger partial charge in [-0.25, -0.2) is 4.57 Å². The van der Waals surface area contributed by atoms with Gasteiger partial charge in [-0.2, -0.15) is 0 Å². The van der Waals surface area contributed by atoms with Gasteiger partial charge in [0.05, 0.1) is 7.11 Å². The van der Waals surface area contributed by atoms with Gasteiger partial charge in [0.15, 0.2) is 6.20 Å². The lowest BCUT2D eigenvalue weighted by atomic mass is 10.0. The fraction of sp³-hybridized carbons (Fsp3) is 0.250. The third kappa shape index (κ3) is 4.70. The highest BCUT2D eigenvalue weighted by molar-refractivity contribution is 5.47. The zero-order chi connectivity index (χ0) is 14.4. The van der Waals surface area contributed by atoms with Crippen LogP contribution in [0.15, 0.2) is 48.7 Å². The van der Waals surface area contributed by atoms with E-state index in [0.717, 1.165) is 23.4 Å². The van der Waals surface area contributed by atoms with Gasteiger partial charge in [0.25, 0.3) is 0 Å². The molecular weight excluding hydrogens is 379 g/mol. The number of ether oxygens (including phenoxy) is 1. The van der Waals surface area contributed by atoms with Gasteiger partial charge in [0.1, 0.15) is 18.8 Å². The molecule has 1 amide bonds. The molecule has 1 unspecified atom stereocenters. The molecule has 4 nitrogen and oxygen atoms in total. The number of carbonyl (C=O) groups is 1. The summed E-state index contributed by atoms with van der Waals surface area (Å²) in [6, 6.07) is 13.8. The molecule has 1 atom stereocenters. The first-order chi connectivity index (χ1) is 9.74. The normalized spacial score (nSPS) is 11.1. The van der Waals surface area contributed by atoms with E-state index in [0.29, 0.717) is 6.42 Å². The number of hydrogen-bond acceptors (Lipinski definition) is 2. The topological polar surface area (TPSA) is 42.2 Å². The van der Waals surface area contributed by atoms with E-state index in [1.165, 1.54) is 0 Å². The van der Waals surface area contributed by atoms with Crippen LogP contribution < -0.4 is 38.6 Å². The molecule has 0 aliphatic carbocycles. The average Bonchev–Trinajstić information content (AvgIpc) is 2.47. The van der Waals surface area contributed by atoms with Crippen molar-refractivity contribution < 1.29 is 38.1 Å². The van der Waals surface area contributed by atoms with Gasteiger partial charge in [-0.3, -0.25) is 4.79 Å². The predicted molar refractivity (Wildman–Crippen MR) is 76.3 cm³/mol. The van der Waals surface area contributed by atoms with E-state index in [2.05, 4.69) is 5.32 Å². The minimum Gasteiger partial charge on any atom is -1.00 e. The Hall–Kier alpha value is -1.63. The van der Waals surface area contributed by atoms with E-state index in [9.17, 15) is 4.79 Å². The summed E-state index contributed by atoms with van der Waals surface area (Å²) < 4.78 is 7.25. The summed E-state index contributed by atoms with van der Waals surface area (Å²) >= 11 is 0. The smallest absolute Gasteiger partial charge is 0.207 e. The fourth-order valence-corrected chi connectivity index (χ4v) is 2.26. The second-order valence-corrected chi connectivity index (χ2v) is 4.63. The molecule has 0 spiro atoms. The summed E-state index contributed by atoms with van der Waals surface area (Å²) in [5.41, 5.74) is 2.18. The molecule has 0 saturated carbocycles. The van der Waals surface area contributed by atoms with Crippen molar-refractivity contribution in [2.45, 2.75) is 12.5 Å². The number of rotatable bonds is 6. The van der Waals surface area contributed by atoms with E-state index in [1.807, 2.05) is 60.3 Å². The number of aromatic nitrogens is 1. The standard InChI is InChI=1S/C16H18N2O2.HI/c1-18-9-4-3-8-16(18)15(17-12-19)11-13-6-5-7-14(10-13)20-2;/h3-10,12,15H,11H2,1-2H3;1H. The molecule has 0 radical (unpaired) electrons. The Kier molecular flexibility index (Phi) is 7.14. The second kappa shape index (κ2) is 8.61. The first-order valence-electron chi connectivity index (χ1n) is 6.51.